The van der Waals surface area contributed by atoms with Gasteiger partial charge in [0.1, 0.15) is 10.6 Å². The van der Waals surface area contributed by atoms with Crippen molar-refractivity contribution in [3.63, 3.8) is 0 Å². The summed E-state index contributed by atoms with van der Waals surface area (Å²) in [7, 11) is -3.29. The van der Waals surface area contributed by atoms with Gasteiger partial charge in [-0.05, 0) is 37.1 Å². The highest BCUT2D eigenvalue weighted by molar-refractivity contribution is 7.91. The summed E-state index contributed by atoms with van der Waals surface area (Å²) in [5.74, 6) is 0.551. The molecule has 2 aromatic rings. The number of primary amides is 1. The van der Waals surface area contributed by atoms with E-state index in [0.29, 0.717) is 35.6 Å². The molecule has 1 heterocycles. The third-order valence-corrected chi connectivity index (χ3v) is 6.07. The smallest absolute Gasteiger partial charge is 0.316 e. The van der Waals surface area contributed by atoms with E-state index in [0.717, 1.165) is 0 Å². The summed E-state index contributed by atoms with van der Waals surface area (Å²) >= 11 is 0. The Morgan fingerprint density at radius 2 is 1.83 bits per heavy atom. The van der Waals surface area contributed by atoms with Gasteiger partial charge in [0, 0.05) is 23.6 Å². The molecule has 5 N–H and O–H groups in total. The molecule has 1 aliphatic carbocycles. The summed E-state index contributed by atoms with van der Waals surface area (Å²) in [6.45, 7) is 0. The van der Waals surface area contributed by atoms with E-state index in [1.54, 1.807) is 24.3 Å². The minimum Gasteiger partial charge on any atom is -0.384 e. The summed E-state index contributed by atoms with van der Waals surface area (Å²) in [6.07, 6.45) is 2.27. The first-order valence-corrected chi connectivity index (χ1v) is 9.12. The molecule has 3 rings (SSSR count). The molecular formula is C15H17N5O3S. The second-order valence-corrected chi connectivity index (χ2v) is 8.16. The Morgan fingerprint density at radius 1 is 1.21 bits per heavy atom. The fourth-order valence-corrected chi connectivity index (χ4v) is 3.93. The number of nitrogens with one attached hydrogen (secondary N) is 1. The van der Waals surface area contributed by atoms with Crippen LogP contribution < -0.4 is 16.8 Å². The third kappa shape index (κ3) is 2.90. The van der Waals surface area contributed by atoms with Gasteiger partial charge in [-0.3, -0.25) is 0 Å². The van der Waals surface area contributed by atoms with Crippen molar-refractivity contribution in [2.24, 2.45) is 5.73 Å². The maximum Gasteiger partial charge on any atom is 0.316 e. The number of hydrogen-bond acceptors (Lipinski definition) is 6. The molecule has 0 unspecified atom stereocenters. The molecule has 1 aromatic carbocycles. The van der Waals surface area contributed by atoms with Gasteiger partial charge in [0.15, 0.2) is 15.7 Å². The van der Waals surface area contributed by atoms with Gasteiger partial charge in [0.2, 0.25) is 0 Å². The number of aromatic nitrogens is 2. The van der Waals surface area contributed by atoms with Crippen molar-refractivity contribution >= 4 is 27.4 Å². The third-order valence-electron chi connectivity index (χ3n) is 4.04. The van der Waals surface area contributed by atoms with E-state index in [1.165, 1.54) is 12.3 Å². The van der Waals surface area contributed by atoms with Crippen molar-refractivity contribution in [2.45, 2.75) is 17.6 Å². The lowest BCUT2D eigenvalue weighted by Gasteiger charge is -2.14. The van der Waals surface area contributed by atoms with Gasteiger partial charge >= 0.3 is 6.03 Å². The van der Waals surface area contributed by atoms with Crippen molar-refractivity contribution in [1.29, 1.82) is 0 Å². The minimum absolute atomic E-state index is 0.212. The molecule has 24 heavy (non-hydrogen) atoms. The van der Waals surface area contributed by atoms with E-state index < -0.39 is 20.6 Å². The van der Waals surface area contributed by atoms with Crippen molar-refractivity contribution in [3.05, 3.63) is 36.0 Å². The normalized spacial score (nSPS) is 15.7. The molecule has 0 aliphatic heterocycles. The number of nitrogen functional groups attached to an aromatic ring is 1. The van der Waals surface area contributed by atoms with Gasteiger partial charge in [-0.25, -0.2) is 23.2 Å². The van der Waals surface area contributed by atoms with Crippen molar-refractivity contribution in [1.82, 2.24) is 9.97 Å². The number of urea groups is 1. The molecule has 1 fully saturated rings. The average molecular weight is 347 g/mol. The van der Waals surface area contributed by atoms with Gasteiger partial charge in [0.25, 0.3) is 0 Å². The van der Waals surface area contributed by atoms with E-state index in [-0.39, 0.29) is 5.82 Å². The van der Waals surface area contributed by atoms with Crippen LogP contribution in [0.25, 0.3) is 11.4 Å². The molecule has 0 spiro atoms. The number of amides is 2. The molecule has 0 saturated heterocycles. The number of rotatable bonds is 4. The first kappa shape index (κ1) is 16.2. The molecule has 8 nitrogen and oxygen atoms in total. The van der Waals surface area contributed by atoms with Crippen molar-refractivity contribution in [2.75, 3.05) is 17.3 Å². The van der Waals surface area contributed by atoms with Crippen LogP contribution in [-0.2, 0) is 14.6 Å². The Balaban J connectivity index is 1.99. The fraction of sp³-hybridized carbons (Fsp3) is 0.267. The monoisotopic (exact) mass is 347 g/mol. The predicted molar refractivity (Wildman–Crippen MR) is 90.8 cm³/mol. The number of nitrogens with two attached hydrogens (primary N) is 2. The first-order valence-electron chi connectivity index (χ1n) is 7.23. The number of anilines is 2. The van der Waals surface area contributed by atoms with Gasteiger partial charge in [-0.2, -0.15) is 0 Å². The standard InChI is InChI=1S/C15H17N5O3S/c1-24(22,23)15(6-7-15)11-8-12(16)20-13(19-11)9-2-4-10(5-3-9)18-14(17)21/h2-5,8H,6-7H2,1H3,(H2,16,19,20)(H3,17,18,21). The zero-order valence-corrected chi connectivity index (χ0v) is 13.8. The number of carbonyl (C=O) groups is 1. The summed E-state index contributed by atoms with van der Waals surface area (Å²) in [5, 5.41) is 2.45. The zero-order chi connectivity index (χ0) is 17.5. The molecular weight excluding hydrogens is 330 g/mol. The quantitative estimate of drug-likeness (QED) is 0.760. The summed E-state index contributed by atoms with van der Waals surface area (Å²) < 4.78 is 23.2. The van der Waals surface area contributed by atoms with Crippen LogP contribution in [0.15, 0.2) is 30.3 Å². The maximum absolute atomic E-state index is 12.1. The molecule has 0 atom stereocenters. The van der Waals surface area contributed by atoms with E-state index >= 15 is 0 Å². The van der Waals surface area contributed by atoms with Crippen LogP contribution in [0.4, 0.5) is 16.3 Å². The number of hydrogen-bond donors (Lipinski definition) is 3. The maximum atomic E-state index is 12.1. The SMILES string of the molecule is CS(=O)(=O)C1(c2cc(N)nc(-c3ccc(NC(N)=O)cc3)n2)CC1. The number of benzene rings is 1. The lowest BCUT2D eigenvalue weighted by Crippen LogP contribution is -2.21. The minimum atomic E-state index is -3.29. The highest BCUT2D eigenvalue weighted by atomic mass is 32.2. The van der Waals surface area contributed by atoms with Crippen LogP contribution in [0.3, 0.4) is 0 Å². The predicted octanol–water partition coefficient (Wildman–Crippen LogP) is 1.25. The molecule has 1 aromatic heterocycles. The Bertz CT molecular complexity index is 905. The second kappa shape index (κ2) is 5.45. The number of sulfone groups is 1. The molecule has 9 heteroatoms. The first-order chi connectivity index (χ1) is 11.2. The summed E-state index contributed by atoms with van der Waals surface area (Å²) in [6, 6.07) is 7.55. The Kier molecular flexibility index (Phi) is 3.67. The van der Waals surface area contributed by atoms with E-state index in [9.17, 15) is 13.2 Å². The van der Waals surface area contributed by atoms with E-state index in [4.69, 9.17) is 11.5 Å². The Labute approximate surface area is 139 Å². The van der Waals surface area contributed by atoms with Crippen LogP contribution in [0.1, 0.15) is 18.5 Å². The van der Waals surface area contributed by atoms with Crippen molar-refractivity contribution in [3.8, 4) is 11.4 Å². The van der Waals surface area contributed by atoms with Gasteiger partial charge in [-0.15, -0.1) is 0 Å². The zero-order valence-electron chi connectivity index (χ0n) is 13.0. The van der Waals surface area contributed by atoms with Crippen LogP contribution in [0, 0.1) is 0 Å². The number of nitrogens with zero attached hydrogens (tertiary/aromatic N) is 2. The van der Waals surface area contributed by atoms with Crippen LogP contribution in [0.5, 0.6) is 0 Å². The lowest BCUT2D eigenvalue weighted by atomic mass is 10.1. The summed E-state index contributed by atoms with van der Waals surface area (Å²) in [5.41, 5.74) is 12.5. The highest BCUT2D eigenvalue weighted by Crippen LogP contribution is 2.52. The van der Waals surface area contributed by atoms with Gasteiger partial charge < -0.3 is 16.8 Å². The average Bonchev–Trinajstić information content (AvgIpc) is 3.28. The van der Waals surface area contributed by atoms with Crippen LogP contribution >= 0.6 is 0 Å². The lowest BCUT2D eigenvalue weighted by molar-refractivity contribution is 0.259. The largest absolute Gasteiger partial charge is 0.384 e. The molecule has 126 valence electrons. The van der Waals surface area contributed by atoms with Crippen LogP contribution in [0.2, 0.25) is 0 Å². The highest BCUT2D eigenvalue weighted by Gasteiger charge is 2.55. The second-order valence-electron chi connectivity index (χ2n) is 5.83. The molecule has 0 bridgehead atoms. The van der Waals surface area contributed by atoms with E-state index in [1.807, 2.05) is 0 Å². The topological polar surface area (TPSA) is 141 Å². The summed E-state index contributed by atoms with van der Waals surface area (Å²) in [4.78, 5) is 19.4. The Hall–Kier alpha value is -2.68. The molecule has 2 amide bonds. The van der Waals surface area contributed by atoms with E-state index in [2.05, 4.69) is 15.3 Å². The molecule has 1 saturated carbocycles. The molecule has 0 radical (unpaired) electrons. The van der Waals surface area contributed by atoms with Gasteiger partial charge in [0.05, 0.1) is 5.69 Å². The molecule has 1 aliphatic rings. The van der Waals surface area contributed by atoms with Crippen LogP contribution in [-0.4, -0.2) is 30.7 Å². The number of carbonyl (C=O) groups excluding carboxylic acids is 1. The Morgan fingerprint density at radius 3 is 2.33 bits per heavy atom. The fourth-order valence-electron chi connectivity index (χ4n) is 2.60. The van der Waals surface area contributed by atoms with Crippen molar-refractivity contribution < 1.29 is 13.2 Å². The van der Waals surface area contributed by atoms with Gasteiger partial charge in [-0.1, -0.05) is 0 Å².